The van der Waals surface area contributed by atoms with E-state index in [1.165, 1.54) is 0 Å². The second kappa shape index (κ2) is 4.75. The minimum atomic E-state index is -0.711. The fraction of sp³-hybridized carbons (Fsp3) is 0.364. The van der Waals surface area contributed by atoms with E-state index < -0.39 is 16.7 Å². The molecule has 0 spiro atoms. The number of anilines is 2. The third-order valence-electron chi connectivity index (χ3n) is 2.85. The number of carbonyl (C=O) groups is 1. The highest BCUT2D eigenvalue weighted by molar-refractivity contribution is 7.85. The number of rotatable bonds is 2. The van der Waals surface area contributed by atoms with Crippen molar-refractivity contribution in [2.75, 3.05) is 35.2 Å². The smallest absolute Gasteiger partial charge is 0.250 e. The first-order valence-corrected chi connectivity index (χ1v) is 6.86. The van der Waals surface area contributed by atoms with Gasteiger partial charge in [-0.05, 0) is 18.2 Å². The van der Waals surface area contributed by atoms with Crippen molar-refractivity contribution < 1.29 is 9.00 Å². The van der Waals surface area contributed by atoms with Gasteiger partial charge in [0, 0.05) is 46.8 Å². The van der Waals surface area contributed by atoms with Crippen LogP contribution < -0.4 is 16.4 Å². The number of carbonyl (C=O) groups excluding carboxylic acids is 1. The Hall–Kier alpha value is -1.56. The number of nitrogen functional groups attached to an aromatic ring is 1. The van der Waals surface area contributed by atoms with Crippen molar-refractivity contribution in [2.45, 2.75) is 0 Å². The van der Waals surface area contributed by atoms with Crippen molar-refractivity contribution in [3.63, 3.8) is 0 Å². The molecule has 17 heavy (non-hydrogen) atoms. The third-order valence-corrected chi connectivity index (χ3v) is 4.12. The quantitative estimate of drug-likeness (QED) is 0.722. The van der Waals surface area contributed by atoms with E-state index in [-0.39, 0.29) is 0 Å². The maximum absolute atomic E-state index is 11.3. The molecule has 1 aromatic carbocycles. The number of nitrogens with zero attached hydrogens (tertiary/aromatic N) is 1. The zero-order valence-corrected chi connectivity index (χ0v) is 10.2. The van der Waals surface area contributed by atoms with Crippen LogP contribution in [-0.2, 0) is 10.8 Å². The summed E-state index contributed by atoms with van der Waals surface area (Å²) in [5.41, 5.74) is 12.6. The number of amides is 1. The van der Waals surface area contributed by atoms with Gasteiger partial charge in [0.1, 0.15) is 0 Å². The predicted octanol–water partition coefficient (Wildman–Crippen LogP) is -0.0636. The number of primary amides is 1. The normalized spacial score (nSPS) is 17.1. The lowest BCUT2D eigenvalue weighted by molar-refractivity contribution is 0.100. The molecule has 0 atom stereocenters. The second-order valence-corrected chi connectivity index (χ2v) is 5.67. The Kier molecular flexibility index (Phi) is 3.33. The van der Waals surface area contributed by atoms with Gasteiger partial charge in [-0.3, -0.25) is 9.00 Å². The molecule has 1 saturated heterocycles. The molecule has 1 aromatic rings. The van der Waals surface area contributed by atoms with Gasteiger partial charge in [0.2, 0.25) is 0 Å². The lowest BCUT2D eigenvalue weighted by Gasteiger charge is -2.28. The van der Waals surface area contributed by atoms with E-state index in [9.17, 15) is 9.00 Å². The maximum atomic E-state index is 11.3. The van der Waals surface area contributed by atoms with Crippen LogP contribution in [0.2, 0.25) is 0 Å². The average molecular weight is 253 g/mol. The van der Waals surface area contributed by atoms with E-state index in [1.54, 1.807) is 12.1 Å². The first kappa shape index (κ1) is 11.9. The molecule has 0 aliphatic carbocycles. The van der Waals surface area contributed by atoms with Crippen LogP contribution in [0.25, 0.3) is 0 Å². The van der Waals surface area contributed by atoms with Gasteiger partial charge in [-0.1, -0.05) is 0 Å². The molecule has 5 nitrogen and oxygen atoms in total. The van der Waals surface area contributed by atoms with Crippen LogP contribution >= 0.6 is 0 Å². The third kappa shape index (κ3) is 2.58. The number of hydrogen-bond acceptors (Lipinski definition) is 4. The monoisotopic (exact) mass is 253 g/mol. The van der Waals surface area contributed by atoms with Crippen molar-refractivity contribution in [1.29, 1.82) is 0 Å². The van der Waals surface area contributed by atoms with Crippen molar-refractivity contribution in [3.05, 3.63) is 23.8 Å². The van der Waals surface area contributed by atoms with Crippen molar-refractivity contribution in [1.82, 2.24) is 0 Å². The minimum Gasteiger partial charge on any atom is -0.398 e. The molecule has 1 fully saturated rings. The molecule has 1 aliphatic rings. The molecule has 0 radical (unpaired) electrons. The van der Waals surface area contributed by atoms with E-state index in [0.29, 0.717) is 22.8 Å². The van der Waals surface area contributed by atoms with Crippen LogP contribution in [-0.4, -0.2) is 34.7 Å². The van der Waals surface area contributed by atoms with Gasteiger partial charge in [0.05, 0.1) is 5.56 Å². The number of hydrogen-bond donors (Lipinski definition) is 2. The van der Waals surface area contributed by atoms with E-state index >= 15 is 0 Å². The molecule has 1 aliphatic heterocycles. The summed E-state index contributed by atoms with van der Waals surface area (Å²) in [6, 6.07) is 5.24. The highest BCUT2D eigenvalue weighted by atomic mass is 32.2. The highest BCUT2D eigenvalue weighted by Gasteiger charge is 2.17. The molecule has 92 valence electrons. The summed E-state index contributed by atoms with van der Waals surface area (Å²) in [6.45, 7) is 1.46. The Morgan fingerprint density at radius 3 is 2.53 bits per heavy atom. The molecule has 0 unspecified atom stereocenters. The molecule has 0 saturated carbocycles. The molecular weight excluding hydrogens is 238 g/mol. The van der Waals surface area contributed by atoms with Crippen LogP contribution in [0, 0.1) is 0 Å². The van der Waals surface area contributed by atoms with Gasteiger partial charge >= 0.3 is 0 Å². The predicted molar refractivity (Wildman–Crippen MR) is 69.5 cm³/mol. The topological polar surface area (TPSA) is 89.4 Å². The standard InChI is InChI=1S/C11H15N3O2S/c12-10-2-1-8(7-9(10)11(13)15)14-3-5-17(16)6-4-14/h1-2,7H,3-6,12H2,(H2,13,15). The highest BCUT2D eigenvalue weighted by Crippen LogP contribution is 2.22. The Morgan fingerprint density at radius 1 is 1.29 bits per heavy atom. The van der Waals surface area contributed by atoms with Gasteiger partial charge in [-0.25, -0.2) is 0 Å². The molecule has 4 N–H and O–H groups in total. The summed E-state index contributed by atoms with van der Waals surface area (Å²) in [5, 5.41) is 0. The Morgan fingerprint density at radius 2 is 1.94 bits per heavy atom. The first-order chi connectivity index (χ1) is 8.08. The Balaban J connectivity index is 2.24. The molecule has 0 aromatic heterocycles. The SMILES string of the molecule is NC(=O)c1cc(N2CCS(=O)CC2)ccc1N. The Bertz CT molecular complexity index is 466. The summed E-state index contributed by atoms with van der Waals surface area (Å²) >= 11 is 0. The van der Waals surface area contributed by atoms with Gasteiger partial charge in [-0.15, -0.1) is 0 Å². The fourth-order valence-corrected chi connectivity index (χ4v) is 2.90. The zero-order chi connectivity index (χ0) is 12.4. The van der Waals surface area contributed by atoms with Crippen LogP contribution in [0.1, 0.15) is 10.4 Å². The Labute approximate surface area is 102 Å². The van der Waals surface area contributed by atoms with E-state index in [2.05, 4.69) is 4.90 Å². The molecule has 6 heteroatoms. The molecule has 1 heterocycles. The first-order valence-electron chi connectivity index (χ1n) is 5.37. The van der Waals surface area contributed by atoms with Crippen molar-refractivity contribution in [3.8, 4) is 0 Å². The van der Waals surface area contributed by atoms with Crippen LogP contribution in [0.5, 0.6) is 0 Å². The summed E-state index contributed by atoms with van der Waals surface area (Å²) in [7, 11) is -0.711. The van der Waals surface area contributed by atoms with Crippen LogP contribution in [0.15, 0.2) is 18.2 Å². The second-order valence-electron chi connectivity index (χ2n) is 3.97. The number of nitrogens with two attached hydrogens (primary N) is 2. The van der Waals surface area contributed by atoms with Crippen LogP contribution in [0.3, 0.4) is 0 Å². The van der Waals surface area contributed by atoms with Gasteiger partial charge in [-0.2, -0.15) is 0 Å². The number of benzene rings is 1. The summed E-state index contributed by atoms with van der Waals surface area (Å²) in [5.74, 6) is 0.803. The molecule has 1 amide bonds. The van der Waals surface area contributed by atoms with E-state index in [1.807, 2.05) is 6.07 Å². The van der Waals surface area contributed by atoms with Gasteiger partial charge in [0.25, 0.3) is 5.91 Å². The zero-order valence-electron chi connectivity index (χ0n) is 9.39. The van der Waals surface area contributed by atoms with E-state index in [4.69, 9.17) is 11.5 Å². The molecular formula is C11H15N3O2S. The van der Waals surface area contributed by atoms with Crippen molar-refractivity contribution in [2.24, 2.45) is 5.73 Å². The largest absolute Gasteiger partial charge is 0.398 e. The molecule has 2 rings (SSSR count). The van der Waals surface area contributed by atoms with Gasteiger partial charge < -0.3 is 16.4 Å². The fourth-order valence-electron chi connectivity index (χ4n) is 1.85. The lowest BCUT2D eigenvalue weighted by atomic mass is 10.1. The lowest BCUT2D eigenvalue weighted by Crippen LogP contribution is -2.37. The van der Waals surface area contributed by atoms with Crippen LogP contribution in [0.4, 0.5) is 11.4 Å². The van der Waals surface area contributed by atoms with E-state index in [0.717, 1.165) is 18.8 Å². The average Bonchev–Trinajstić information content (AvgIpc) is 2.30. The summed E-state index contributed by atoms with van der Waals surface area (Å²) in [6.07, 6.45) is 0. The molecule has 0 bridgehead atoms. The minimum absolute atomic E-state index is 0.342. The summed E-state index contributed by atoms with van der Waals surface area (Å²) < 4.78 is 11.3. The van der Waals surface area contributed by atoms with Crippen molar-refractivity contribution >= 4 is 28.1 Å². The summed E-state index contributed by atoms with van der Waals surface area (Å²) in [4.78, 5) is 13.3. The van der Waals surface area contributed by atoms with Gasteiger partial charge in [0.15, 0.2) is 0 Å². The maximum Gasteiger partial charge on any atom is 0.250 e.